The van der Waals surface area contributed by atoms with Crippen LogP contribution in [0, 0.1) is 12.3 Å². The predicted octanol–water partition coefficient (Wildman–Crippen LogP) is 1.96. The second kappa shape index (κ2) is 3.76. The van der Waals surface area contributed by atoms with E-state index in [-0.39, 0.29) is 0 Å². The highest BCUT2D eigenvalue weighted by molar-refractivity contribution is 6.35. The Morgan fingerprint density at radius 3 is 2.29 bits per heavy atom. The number of hydrogen-bond acceptors (Lipinski definition) is 0. The summed E-state index contributed by atoms with van der Waals surface area (Å²) in [6.45, 7) is 0. The fourth-order valence-electron chi connectivity index (χ4n) is 2.31. The van der Waals surface area contributed by atoms with E-state index in [4.69, 9.17) is 6.42 Å². The van der Waals surface area contributed by atoms with E-state index < -0.39 is 0 Å². The minimum atomic E-state index is 0.993. The van der Waals surface area contributed by atoms with Crippen LogP contribution in [0.1, 0.15) is 5.56 Å². The Bertz CT molecular complexity index is 763. The van der Waals surface area contributed by atoms with Gasteiger partial charge in [-0.1, -0.05) is 47.5 Å². The van der Waals surface area contributed by atoms with Gasteiger partial charge in [-0.15, -0.1) is 6.42 Å². The van der Waals surface area contributed by atoms with Gasteiger partial charge in [-0.05, 0) is 33.7 Å². The van der Waals surface area contributed by atoms with Crippen molar-refractivity contribution in [1.29, 1.82) is 0 Å². The first-order valence-electron chi connectivity index (χ1n) is 5.68. The molecule has 0 aliphatic rings. The summed E-state index contributed by atoms with van der Waals surface area (Å²) in [4.78, 5) is 0. The Labute approximate surface area is 104 Å². The zero-order valence-electron chi connectivity index (χ0n) is 9.70. The highest BCUT2D eigenvalue weighted by atomic mass is 28.1. The number of rotatable bonds is 0. The van der Waals surface area contributed by atoms with E-state index in [1.54, 1.807) is 0 Å². The first-order chi connectivity index (χ1) is 8.29. The van der Waals surface area contributed by atoms with Crippen molar-refractivity contribution in [3.63, 3.8) is 0 Å². The summed E-state index contributed by atoms with van der Waals surface area (Å²) in [5.74, 6) is 2.84. The Kier molecular flexibility index (Phi) is 2.24. The van der Waals surface area contributed by atoms with Crippen LogP contribution in [-0.2, 0) is 0 Å². The molecule has 0 heterocycles. The first kappa shape index (κ1) is 10.1. The molecule has 1 heteroatoms. The minimum absolute atomic E-state index is 0.993. The van der Waals surface area contributed by atoms with Gasteiger partial charge in [0.05, 0.1) is 0 Å². The largest absolute Gasteiger partial charge is 0.115 e. The van der Waals surface area contributed by atoms with Crippen molar-refractivity contribution in [2.24, 2.45) is 0 Å². The van der Waals surface area contributed by atoms with E-state index in [0.29, 0.717) is 0 Å². The topological polar surface area (TPSA) is 0 Å². The molecule has 3 aromatic carbocycles. The summed E-state index contributed by atoms with van der Waals surface area (Å²) >= 11 is 0. The molecule has 3 rings (SSSR count). The molecule has 0 bridgehead atoms. The lowest BCUT2D eigenvalue weighted by Gasteiger charge is -2.07. The molecule has 0 aliphatic carbocycles. The van der Waals surface area contributed by atoms with E-state index in [1.807, 2.05) is 0 Å². The quantitative estimate of drug-likeness (QED) is 0.316. The van der Waals surface area contributed by atoms with Crippen LogP contribution in [0.4, 0.5) is 0 Å². The van der Waals surface area contributed by atoms with Gasteiger partial charge in [0.1, 0.15) is 0 Å². The zero-order chi connectivity index (χ0) is 11.8. The van der Waals surface area contributed by atoms with Gasteiger partial charge in [-0.3, -0.25) is 0 Å². The van der Waals surface area contributed by atoms with Crippen LogP contribution in [0.15, 0.2) is 48.5 Å². The Hall–Kier alpha value is -2.04. The molecule has 0 N–H and O–H groups in total. The molecule has 0 atom stereocenters. The predicted molar refractivity (Wildman–Crippen MR) is 79.0 cm³/mol. The average Bonchev–Trinajstić information content (AvgIpc) is 2.36. The number of hydrogen-bond donors (Lipinski definition) is 0. The molecule has 0 aromatic heterocycles. The van der Waals surface area contributed by atoms with Crippen molar-refractivity contribution < 1.29 is 0 Å². The normalized spacial score (nSPS) is 10.8. The van der Waals surface area contributed by atoms with E-state index in [2.05, 4.69) is 54.5 Å². The first-order valence-corrected chi connectivity index (χ1v) is 6.68. The van der Waals surface area contributed by atoms with Gasteiger partial charge in [0.2, 0.25) is 0 Å². The average molecular weight is 232 g/mol. The number of terminal acetylenes is 1. The third kappa shape index (κ3) is 1.54. The lowest BCUT2D eigenvalue weighted by Crippen LogP contribution is -2.07. The Morgan fingerprint density at radius 2 is 1.59 bits per heavy atom. The van der Waals surface area contributed by atoms with Crippen molar-refractivity contribution in [3.05, 3.63) is 54.1 Å². The molecular weight excluding hydrogens is 220 g/mol. The van der Waals surface area contributed by atoms with Gasteiger partial charge >= 0.3 is 0 Å². The van der Waals surface area contributed by atoms with Crippen LogP contribution in [0.25, 0.3) is 21.5 Å². The maximum absolute atomic E-state index is 5.63. The second-order valence-corrected chi connectivity index (χ2v) is 5.40. The van der Waals surface area contributed by atoms with Crippen molar-refractivity contribution in [2.45, 2.75) is 0 Å². The molecule has 0 nitrogen and oxygen atoms in total. The molecule has 3 aromatic rings. The molecule has 80 valence electrons. The molecule has 0 unspecified atom stereocenters. The van der Waals surface area contributed by atoms with Gasteiger partial charge in [-0.25, -0.2) is 0 Å². The van der Waals surface area contributed by atoms with Crippen LogP contribution >= 0.6 is 0 Å². The van der Waals surface area contributed by atoms with E-state index >= 15 is 0 Å². The molecule has 0 fully saturated rings. The number of fused-ring (bicyclic) bond motifs is 2. The fourth-order valence-corrected chi connectivity index (χ4v) is 2.89. The van der Waals surface area contributed by atoms with Crippen molar-refractivity contribution in [1.82, 2.24) is 0 Å². The standard InChI is InChI=1S/C16H12Si/c1-2-14-15-10-12-6-4-3-5-11(12)9-13(15)7-8-16(14)17/h1,3-10H,17H3. The molecular formula is C16H12Si. The van der Waals surface area contributed by atoms with Crippen LogP contribution in [0.3, 0.4) is 0 Å². The highest BCUT2D eigenvalue weighted by Crippen LogP contribution is 2.24. The lowest BCUT2D eigenvalue weighted by atomic mass is 10.00. The molecule has 0 saturated heterocycles. The summed E-state index contributed by atoms with van der Waals surface area (Å²) in [5.41, 5.74) is 1.07. The van der Waals surface area contributed by atoms with Crippen molar-refractivity contribution in [3.8, 4) is 12.3 Å². The van der Waals surface area contributed by atoms with Gasteiger partial charge in [0.25, 0.3) is 0 Å². The van der Waals surface area contributed by atoms with Gasteiger partial charge in [0, 0.05) is 15.8 Å². The van der Waals surface area contributed by atoms with Crippen LogP contribution < -0.4 is 5.19 Å². The van der Waals surface area contributed by atoms with Crippen LogP contribution in [0.5, 0.6) is 0 Å². The Morgan fingerprint density at radius 1 is 0.882 bits per heavy atom. The van der Waals surface area contributed by atoms with Crippen molar-refractivity contribution >= 4 is 37.0 Å². The van der Waals surface area contributed by atoms with Gasteiger partial charge in [0.15, 0.2) is 0 Å². The SMILES string of the molecule is C#Cc1c([SiH3])ccc2cc3ccccc3cc12. The summed E-state index contributed by atoms with van der Waals surface area (Å²) in [5, 5.41) is 6.26. The maximum Gasteiger partial charge on any atom is 0.0401 e. The lowest BCUT2D eigenvalue weighted by molar-refractivity contribution is 1.76. The molecule has 0 radical (unpaired) electrons. The van der Waals surface area contributed by atoms with E-state index in [9.17, 15) is 0 Å². The van der Waals surface area contributed by atoms with Crippen LogP contribution in [0.2, 0.25) is 0 Å². The Balaban J connectivity index is 2.53. The van der Waals surface area contributed by atoms with Gasteiger partial charge in [-0.2, -0.15) is 0 Å². The smallest absolute Gasteiger partial charge is 0.0401 e. The minimum Gasteiger partial charge on any atom is -0.115 e. The summed E-state index contributed by atoms with van der Waals surface area (Å²) in [6.07, 6.45) is 5.63. The molecule has 0 amide bonds. The van der Waals surface area contributed by atoms with E-state index in [1.165, 1.54) is 26.7 Å². The molecule has 17 heavy (non-hydrogen) atoms. The van der Waals surface area contributed by atoms with Crippen LogP contribution in [-0.4, -0.2) is 10.2 Å². The van der Waals surface area contributed by atoms with Crippen molar-refractivity contribution in [2.75, 3.05) is 0 Å². The summed E-state index contributed by atoms with van der Waals surface area (Å²) < 4.78 is 0. The third-order valence-corrected chi connectivity index (χ3v) is 4.07. The highest BCUT2D eigenvalue weighted by Gasteiger charge is 2.03. The van der Waals surface area contributed by atoms with Gasteiger partial charge < -0.3 is 0 Å². The summed E-state index contributed by atoms with van der Waals surface area (Å²) in [7, 11) is 0.993. The fraction of sp³-hybridized carbons (Fsp3) is 0. The zero-order valence-corrected chi connectivity index (χ0v) is 11.7. The molecule has 0 saturated carbocycles. The molecule has 0 spiro atoms. The molecule has 0 aliphatic heterocycles. The third-order valence-electron chi connectivity index (χ3n) is 3.24. The maximum atomic E-state index is 5.63. The summed E-state index contributed by atoms with van der Waals surface area (Å²) in [6, 6.07) is 17.1. The second-order valence-electron chi connectivity index (χ2n) is 4.32. The number of benzene rings is 3. The monoisotopic (exact) mass is 232 g/mol. The van der Waals surface area contributed by atoms with E-state index in [0.717, 1.165) is 15.8 Å².